The number of pyridine rings is 1. The lowest BCUT2D eigenvalue weighted by Gasteiger charge is -2.22. The van der Waals surface area contributed by atoms with E-state index in [9.17, 15) is 19.7 Å². The normalized spacial score (nSPS) is 17.6. The number of halogens is 1. The number of ether oxygens (including phenoxy) is 1. The standard InChI is InChI=1S/C12H12ClN3O5/c1-21-12(18)8-3-2-6-15(8)11(17)7-4-5-14-10(13)9(7)16(19)20/h4-5,8H,2-3,6H2,1H3. The number of hydrogen-bond acceptors (Lipinski definition) is 6. The second-order valence-electron chi connectivity index (χ2n) is 4.43. The van der Waals surface area contributed by atoms with Crippen molar-refractivity contribution < 1.29 is 19.2 Å². The van der Waals surface area contributed by atoms with Crippen molar-refractivity contribution in [2.75, 3.05) is 13.7 Å². The van der Waals surface area contributed by atoms with Crippen LogP contribution in [0.5, 0.6) is 0 Å². The summed E-state index contributed by atoms with van der Waals surface area (Å²) in [6.45, 7) is 0.329. The molecule has 21 heavy (non-hydrogen) atoms. The lowest BCUT2D eigenvalue weighted by Crippen LogP contribution is -2.41. The van der Waals surface area contributed by atoms with Gasteiger partial charge in [0.15, 0.2) is 0 Å². The molecule has 8 nitrogen and oxygen atoms in total. The zero-order valence-corrected chi connectivity index (χ0v) is 11.9. The molecular formula is C12H12ClN3O5. The summed E-state index contributed by atoms with van der Waals surface area (Å²) in [7, 11) is 1.23. The first-order valence-electron chi connectivity index (χ1n) is 6.15. The minimum absolute atomic E-state index is 0.184. The highest BCUT2D eigenvalue weighted by Crippen LogP contribution is 2.29. The molecule has 112 valence electrons. The van der Waals surface area contributed by atoms with E-state index < -0.39 is 28.5 Å². The summed E-state index contributed by atoms with van der Waals surface area (Å²) in [6, 6.07) is 0.493. The summed E-state index contributed by atoms with van der Waals surface area (Å²) >= 11 is 5.69. The predicted octanol–water partition coefficient (Wildman–Crippen LogP) is 1.42. The molecule has 0 N–H and O–H groups in total. The minimum atomic E-state index is -0.758. The summed E-state index contributed by atoms with van der Waals surface area (Å²) in [5.41, 5.74) is -0.740. The molecule has 0 aliphatic carbocycles. The van der Waals surface area contributed by atoms with Crippen LogP contribution < -0.4 is 0 Å². The van der Waals surface area contributed by atoms with Gasteiger partial charge in [-0.1, -0.05) is 11.6 Å². The van der Waals surface area contributed by atoms with Gasteiger partial charge < -0.3 is 9.64 Å². The van der Waals surface area contributed by atoms with Gasteiger partial charge in [0.05, 0.1) is 12.0 Å². The highest BCUT2D eigenvalue weighted by atomic mass is 35.5. The molecule has 1 aromatic heterocycles. The quantitative estimate of drug-likeness (QED) is 0.362. The van der Waals surface area contributed by atoms with E-state index in [1.54, 1.807) is 0 Å². The first-order chi connectivity index (χ1) is 9.97. The smallest absolute Gasteiger partial charge is 0.328 e. The van der Waals surface area contributed by atoms with Crippen LogP contribution in [0.4, 0.5) is 5.69 Å². The van der Waals surface area contributed by atoms with Crippen LogP contribution in [0.1, 0.15) is 23.2 Å². The number of nitro groups is 1. The molecule has 0 saturated carbocycles. The first-order valence-corrected chi connectivity index (χ1v) is 6.53. The average molecular weight is 314 g/mol. The van der Waals surface area contributed by atoms with Crippen molar-refractivity contribution in [2.45, 2.75) is 18.9 Å². The van der Waals surface area contributed by atoms with Crippen molar-refractivity contribution in [1.29, 1.82) is 0 Å². The summed E-state index contributed by atoms with van der Waals surface area (Å²) < 4.78 is 4.65. The maximum Gasteiger partial charge on any atom is 0.328 e. The Hall–Kier alpha value is -2.22. The third-order valence-corrected chi connectivity index (χ3v) is 3.56. The predicted molar refractivity (Wildman–Crippen MR) is 72.0 cm³/mol. The van der Waals surface area contributed by atoms with E-state index in [1.807, 2.05) is 0 Å². The number of amides is 1. The Morgan fingerprint density at radius 1 is 1.57 bits per heavy atom. The van der Waals surface area contributed by atoms with Gasteiger partial charge in [0.2, 0.25) is 5.15 Å². The largest absolute Gasteiger partial charge is 0.467 e. The fraction of sp³-hybridized carbons (Fsp3) is 0.417. The molecule has 1 aromatic rings. The Bertz CT molecular complexity index is 607. The van der Waals surface area contributed by atoms with Crippen LogP contribution in [0.15, 0.2) is 12.3 Å². The van der Waals surface area contributed by atoms with Gasteiger partial charge in [-0.2, -0.15) is 0 Å². The lowest BCUT2D eigenvalue weighted by atomic mass is 10.1. The Morgan fingerprint density at radius 3 is 2.90 bits per heavy atom. The van der Waals surface area contributed by atoms with E-state index >= 15 is 0 Å². The molecule has 9 heteroatoms. The number of esters is 1. The number of nitrogens with zero attached hydrogens (tertiary/aromatic N) is 3. The topological polar surface area (TPSA) is 103 Å². The number of carbonyl (C=O) groups excluding carboxylic acids is 2. The molecule has 1 fully saturated rings. The summed E-state index contributed by atoms with van der Waals surface area (Å²) in [4.78, 5) is 39.3. The van der Waals surface area contributed by atoms with E-state index in [1.165, 1.54) is 24.3 Å². The fourth-order valence-corrected chi connectivity index (χ4v) is 2.55. The highest BCUT2D eigenvalue weighted by molar-refractivity contribution is 6.32. The Kier molecular flexibility index (Phi) is 4.37. The number of methoxy groups -OCH3 is 1. The fourth-order valence-electron chi connectivity index (χ4n) is 2.32. The van der Waals surface area contributed by atoms with Gasteiger partial charge in [0, 0.05) is 12.7 Å². The van der Waals surface area contributed by atoms with Crippen molar-refractivity contribution in [3.63, 3.8) is 0 Å². The molecule has 1 aliphatic heterocycles. The molecular weight excluding hydrogens is 302 g/mol. The molecule has 0 aromatic carbocycles. The van der Waals surface area contributed by atoms with Crippen molar-refractivity contribution >= 4 is 29.2 Å². The lowest BCUT2D eigenvalue weighted by molar-refractivity contribution is -0.385. The maximum absolute atomic E-state index is 12.5. The van der Waals surface area contributed by atoms with Crippen LogP contribution >= 0.6 is 11.6 Å². The van der Waals surface area contributed by atoms with Crippen molar-refractivity contribution in [2.24, 2.45) is 0 Å². The van der Waals surface area contributed by atoms with Crippen molar-refractivity contribution in [1.82, 2.24) is 9.88 Å². The molecule has 0 radical (unpaired) electrons. The van der Waals surface area contributed by atoms with Crippen LogP contribution in [0.25, 0.3) is 0 Å². The van der Waals surface area contributed by atoms with Crippen LogP contribution in [0, 0.1) is 10.1 Å². The molecule has 2 heterocycles. The Balaban J connectivity index is 2.39. The summed E-state index contributed by atoms with van der Waals surface area (Å²) in [6.07, 6.45) is 2.30. The average Bonchev–Trinajstić information content (AvgIpc) is 2.94. The third-order valence-electron chi connectivity index (χ3n) is 3.28. The molecule has 1 aliphatic rings. The number of likely N-dealkylation sites (tertiary alicyclic amines) is 1. The SMILES string of the molecule is COC(=O)C1CCCN1C(=O)c1ccnc(Cl)c1[N+](=O)[O-]. The van der Waals surface area contributed by atoms with E-state index in [4.69, 9.17) is 11.6 Å². The highest BCUT2D eigenvalue weighted by Gasteiger charge is 2.38. The monoisotopic (exact) mass is 313 g/mol. The zero-order chi connectivity index (χ0) is 15.6. The minimum Gasteiger partial charge on any atom is -0.467 e. The summed E-state index contributed by atoms with van der Waals surface area (Å²) in [5.74, 6) is -1.16. The molecule has 0 spiro atoms. The van der Waals surface area contributed by atoms with E-state index in [-0.39, 0.29) is 10.7 Å². The van der Waals surface area contributed by atoms with E-state index in [0.29, 0.717) is 19.4 Å². The maximum atomic E-state index is 12.5. The molecule has 0 bridgehead atoms. The number of rotatable bonds is 3. The number of hydrogen-bond donors (Lipinski definition) is 0. The number of aromatic nitrogens is 1. The molecule has 1 amide bonds. The van der Waals surface area contributed by atoms with Crippen molar-refractivity contribution in [3.05, 3.63) is 33.1 Å². The van der Waals surface area contributed by atoms with Crippen LogP contribution in [-0.2, 0) is 9.53 Å². The number of carbonyl (C=O) groups is 2. The molecule has 2 rings (SSSR count). The van der Waals surface area contributed by atoms with Gasteiger partial charge >= 0.3 is 11.7 Å². The van der Waals surface area contributed by atoms with Crippen LogP contribution in [0.3, 0.4) is 0 Å². The van der Waals surface area contributed by atoms with Crippen molar-refractivity contribution in [3.8, 4) is 0 Å². The second-order valence-corrected chi connectivity index (χ2v) is 4.79. The Labute approximate surface area is 124 Å². The zero-order valence-electron chi connectivity index (χ0n) is 11.1. The van der Waals surface area contributed by atoms with Gasteiger partial charge in [0.25, 0.3) is 5.91 Å². The van der Waals surface area contributed by atoms with Crippen LogP contribution in [0.2, 0.25) is 5.15 Å². The third kappa shape index (κ3) is 2.80. The van der Waals surface area contributed by atoms with Gasteiger partial charge in [0.1, 0.15) is 11.6 Å². The molecule has 1 unspecified atom stereocenters. The first kappa shape index (κ1) is 15.2. The van der Waals surface area contributed by atoms with Gasteiger partial charge in [-0.15, -0.1) is 0 Å². The van der Waals surface area contributed by atoms with Gasteiger partial charge in [-0.05, 0) is 18.9 Å². The van der Waals surface area contributed by atoms with E-state index in [2.05, 4.69) is 9.72 Å². The van der Waals surface area contributed by atoms with Crippen LogP contribution in [-0.4, -0.2) is 46.4 Å². The second kappa shape index (κ2) is 6.04. The molecule has 1 saturated heterocycles. The van der Waals surface area contributed by atoms with Gasteiger partial charge in [-0.3, -0.25) is 14.9 Å². The Morgan fingerprint density at radius 2 is 2.29 bits per heavy atom. The van der Waals surface area contributed by atoms with Gasteiger partial charge in [-0.25, -0.2) is 9.78 Å². The summed E-state index contributed by atoms with van der Waals surface area (Å²) in [5, 5.41) is 10.7. The van der Waals surface area contributed by atoms with E-state index in [0.717, 1.165) is 0 Å². The molecule has 1 atom stereocenters.